The summed E-state index contributed by atoms with van der Waals surface area (Å²) in [6.45, 7) is 5.57. The van der Waals surface area contributed by atoms with E-state index in [2.05, 4.69) is 16.9 Å². The molecule has 0 bridgehead atoms. The summed E-state index contributed by atoms with van der Waals surface area (Å²) in [6, 6.07) is 6.99. The number of ether oxygens (including phenoxy) is 1. The average Bonchev–Trinajstić information content (AvgIpc) is 3.49. The van der Waals surface area contributed by atoms with Crippen molar-refractivity contribution in [1.82, 2.24) is 14.9 Å². The van der Waals surface area contributed by atoms with Gasteiger partial charge in [0.1, 0.15) is 23.5 Å². The molecule has 7 nitrogen and oxygen atoms in total. The number of anilines is 2. The lowest BCUT2D eigenvalue weighted by atomic mass is 10.0. The second kappa shape index (κ2) is 8.81. The molecule has 4 rings (SSSR count). The molecule has 1 saturated carbocycles. The standard InChI is InChI=1S/C23H29F3N6O/c1-15-13-32(10-9-31(15)8-7-23(24,25)26)20-12-19(29-14-30-20)21(28)17-11-16(3-4-18(17)27)33-22(2)5-6-22/h3-4,11-12,14-15,28H,5-10,13,27H2,1-2H3/t15-/m1/s1. The van der Waals surface area contributed by atoms with Gasteiger partial charge in [-0.25, -0.2) is 9.97 Å². The van der Waals surface area contributed by atoms with Gasteiger partial charge in [0.15, 0.2) is 0 Å². The van der Waals surface area contributed by atoms with Crippen LogP contribution in [-0.4, -0.2) is 64.6 Å². The summed E-state index contributed by atoms with van der Waals surface area (Å²) in [6.07, 6.45) is -1.56. The number of hydrogen-bond acceptors (Lipinski definition) is 7. The molecule has 1 aromatic heterocycles. The van der Waals surface area contributed by atoms with Gasteiger partial charge in [-0.1, -0.05) is 0 Å². The molecule has 0 radical (unpaired) electrons. The minimum absolute atomic E-state index is 0.00505. The van der Waals surface area contributed by atoms with E-state index < -0.39 is 12.6 Å². The van der Waals surface area contributed by atoms with E-state index in [1.54, 1.807) is 24.3 Å². The highest BCUT2D eigenvalue weighted by atomic mass is 19.4. The molecule has 2 aliphatic rings. The Morgan fingerprint density at radius 1 is 1.24 bits per heavy atom. The molecule has 0 amide bonds. The zero-order valence-corrected chi connectivity index (χ0v) is 18.8. The third-order valence-electron chi connectivity index (χ3n) is 6.29. The van der Waals surface area contributed by atoms with Gasteiger partial charge in [-0.2, -0.15) is 13.2 Å². The molecule has 1 saturated heterocycles. The highest BCUT2D eigenvalue weighted by Gasteiger charge is 2.40. The molecule has 1 aliphatic heterocycles. The van der Waals surface area contributed by atoms with E-state index in [1.807, 2.05) is 16.7 Å². The number of piperazine rings is 1. The predicted molar refractivity (Wildman–Crippen MR) is 121 cm³/mol. The van der Waals surface area contributed by atoms with E-state index in [-0.39, 0.29) is 23.9 Å². The molecule has 3 N–H and O–H groups in total. The van der Waals surface area contributed by atoms with E-state index in [1.165, 1.54) is 6.33 Å². The van der Waals surface area contributed by atoms with Crippen LogP contribution in [0.5, 0.6) is 5.75 Å². The molecule has 33 heavy (non-hydrogen) atoms. The minimum atomic E-state index is -4.15. The van der Waals surface area contributed by atoms with E-state index in [9.17, 15) is 13.2 Å². The Bertz CT molecular complexity index is 1020. The van der Waals surface area contributed by atoms with E-state index >= 15 is 0 Å². The molecule has 10 heteroatoms. The number of halogens is 3. The molecular weight excluding hydrogens is 433 g/mol. The van der Waals surface area contributed by atoms with Crippen LogP contribution in [-0.2, 0) is 0 Å². The van der Waals surface area contributed by atoms with Gasteiger partial charge in [-0.05, 0) is 44.9 Å². The average molecular weight is 463 g/mol. The van der Waals surface area contributed by atoms with Crippen LogP contribution < -0.4 is 15.4 Å². The van der Waals surface area contributed by atoms with Crippen molar-refractivity contribution in [2.75, 3.05) is 36.8 Å². The normalized spacial score (nSPS) is 20.5. The van der Waals surface area contributed by atoms with Crippen LogP contribution in [0.4, 0.5) is 24.7 Å². The highest BCUT2D eigenvalue weighted by molar-refractivity contribution is 6.13. The Balaban J connectivity index is 1.46. The predicted octanol–water partition coefficient (Wildman–Crippen LogP) is 3.87. The largest absolute Gasteiger partial charge is 0.488 e. The van der Waals surface area contributed by atoms with Gasteiger partial charge in [0.05, 0.1) is 17.8 Å². The Kier molecular flexibility index (Phi) is 6.22. The summed E-state index contributed by atoms with van der Waals surface area (Å²) in [4.78, 5) is 12.5. The number of nitrogens with two attached hydrogens (primary N) is 1. The number of nitrogens with one attached hydrogen (secondary N) is 1. The topological polar surface area (TPSA) is 91.4 Å². The van der Waals surface area contributed by atoms with Crippen molar-refractivity contribution in [3.63, 3.8) is 0 Å². The first-order valence-electron chi connectivity index (χ1n) is 11.1. The zero-order valence-electron chi connectivity index (χ0n) is 18.8. The number of rotatable bonds is 7. The second-order valence-corrected chi connectivity index (χ2v) is 9.13. The molecule has 0 unspecified atom stereocenters. The number of nitrogens with zero attached hydrogens (tertiary/aromatic N) is 4. The maximum atomic E-state index is 12.6. The Labute approximate surface area is 191 Å². The van der Waals surface area contributed by atoms with Crippen LogP contribution in [0, 0.1) is 5.41 Å². The summed E-state index contributed by atoms with van der Waals surface area (Å²) in [7, 11) is 0. The van der Waals surface area contributed by atoms with Crippen molar-refractivity contribution in [2.45, 2.75) is 50.9 Å². The van der Waals surface area contributed by atoms with E-state index in [0.717, 1.165) is 12.8 Å². The first kappa shape index (κ1) is 23.3. The fourth-order valence-electron chi connectivity index (χ4n) is 3.98. The molecule has 178 valence electrons. The number of alkyl halides is 3. The third-order valence-corrected chi connectivity index (χ3v) is 6.29. The van der Waals surface area contributed by atoms with Gasteiger partial charge in [0.2, 0.25) is 0 Å². The van der Waals surface area contributed by atoms with Crippen LogP contribution in [0.25, 0.3) is 0 Å². The van der Waals surface area contributed by atoms with Crippen molar-refractivity contribution < 1.29 is 17.9 Å². The lowest BCUT2D eigenvalue weighted by Crippen LogP contribution is -2.52. The number of hydrogen-bond donors (Lipinski definition) is 2. The number of nitrogen functional groups attached to an aromatic ring is 1. The fraction of sp³-hybridized carbons (Fsp3) is 0.522. The van der Waals surface area contributed by atoms with Crippen LogP contribution in [0.2, 0.25) is 0 Å². The molecule has 2 aromatic rings. The van der Waals surface area contributed by atoms with Crippen molar-refractivity contribution in [3.05, 3.63) is 41.9 Å². The summed E-state index contributed by atoms with van der Waals surface area (Å²) < 4.78 is 43.8. The molecule has 1 atom stereocenters. The van der Waals surface area contributed by atoms with Gasteiger partial charge in [0, 0.05) is 49.5 Å². The van der Waals surface area contributed by atoms with E-state index in [0.29, 0.717) is 48.1 Å². The smallest absolute Gasteiger partial charge is 0.390 e. The van der Waals surface area contributed by atoms with Crippen LogP contribution in [0.3, 0.4) is 0 Å². The van der Waals surface area contributed by atoms with Crippen LogP contribution in [0.15, 0.2) is 30.6 Å². The SMILES string of the molecule is C[C@@H]1CN(c2cc(C(=N)c3cc(OC4(C)CC4)ccc3N)ncn2)CCN1CCC(F)(F)F. The Morgan fingerprint density at radius 3 is 2.67 bits per heavy atom. The minimum Gasteiger partial charge on any atom is -0.488 e. The molecular formula is C23H29F3N6O. The van der Waals surface area contributed by atoms with Crippen molar-refractivity contribution in [2.24, 2.45) is 0 Å². The lowest BCUT2D eigenvalue weighted by Gasteiger charge is -2.40. The first-order chi connectivity index (χ1) is 15.5. The highest BCUT2D eigenvalue weighted by Crippen LogP contribution is 2.40. The molecule has 1 aromatic carbocycles. The summed E-state index contributed by atoms with van der Waals surface area (Å²) in [5.41, 5.74) is 7.59. The lowest BCUT2D eigenvalue weighted by molar-refractivity contribution is -0.139. The van der Waals surface area contributed by atoms with Gasteiger partial charge < -0.3 is 15.4 Å². The van der Waals surface area contributed by atoms with Gasteiger partial charge >= 0.3 is 6.18 Å². The van der Waals surface area contributed by atoms with Gasteiger partial charge in [0.25, 0.3) is 0 Å². The van der Waals surface area contributed by atoms with Crippen molar-refractivity contribution in [3.8, 4) is 5.75 Å². The molecule has 2 heterocycles. The monoisotopic (exact) mass is 462 g/mol. The number of benzene rings is 1. The zero-order chi connectivity index (χ0) is 23.8. The van der Waals surface area contributed by atoms with E-state index in [4.69, 9.17) is 15.9 Å². The van der Waals surface area contributed by atoms with Crippen LogP contribution >= 0.6 is 0 Å². The molecule has 0 spiro atoms. The third kappa shape index (κ3) is 5.73. The Hall–Kier alpha value is -2.88. The molecule has 1 aliphatic carbocycles. The van der Waals surface area contributed by atoms with Gasteiger partial charge in [-0.3, -0.25) is 10.3 Å². The van der Waals surface area contributed by atoms with Crippen molar-refractivity contribution >= 4 is 17.2 Å². The number of aromatic nitrogens is 2. The maximum absolute atomic E-state index is 12.6. The summed E-state index contributed by atoms with van der Waals surface area (Å²) in [5, 5.41) is 8.69. The maximum Gasteiger partial charge on any atom is 0.390 e. The van der Waals surface area contributed by atoms with Crippen molar-refractivity contribution in [1.29, 1.82) is 5.41 Å². The molecule has 2 fully saturated rings. The summed E-state index contributed by atoms with van der Waals surface area (Å²) in [5.74, 6) is 1.31. The quantitative estimate of drug-likeness (QED) is 0.480. The first-order valence-corrected chi connectivity index (χ1v) is 11.1. The summed E-state index contributed by atoms with van der Waals surface area (Å²) >= 11 is 0. The second-order valence-electron chi connectivity index (χ2n) is 9.13. The van der Waals surface area contributed by atoms with Gasteiger partial charge in [-0.15, -0.1) is 0 Å². The fourth-order valence-corrected chi connectivity index (χ4v) is 3.98. The van der Waals surface area contributed by atoms with Crippen LogP contribution in [0.1, 0.15) is 44.4 Å². The Morgan fingerprint density at radius 2 is 2.00 bits per heavy atom.